The van der Waals surface area contributed by atoms with E-state index in [0.29, 0.717) is 48.7 Å². The summed E-state index contributed by atoms with van der Waals surface area (Å²) in [7, 11) is 0. The standard InChI is InChI=1S/C25H36O4/c26-20(28-14-18-10-22(11-18)4-1-5-22)25(16-24(17-25)8-3-9-24)21(27)29-15-19-12-23(13-19)6-2-7-23/h18-19H,1-17H2. The van der Waals surface area contributed by atoms with Crippen LogP contribution in [0.1, 0.15) is 96.3 Å². The van der Waals surface area contributed by atoms with Crippen LogP contribution in [0.15, 0.2) is 0 Å². The first-order valence-electron chi connectivity index (χ1n) is 12.3. The van der Waals surface area contributed by atoms with Crippen LogP contribution < -0.4 is 0 Å². The van der Waals surface area contributed by atoms with Gasteiger partial charge in [0.1, 0.15) is 0 Å². The van der Waals surface area contributed by atoms with Gasteiger partial charge in [-0.1, -0.05) is 19.3 Å². The maximum absolute atomic E-state index is 13.1. The number of esters is 2. The number of hydrogen-bond acceptors (Lipinski definition) is 4. The van der Waals surface area contributed by atoms with Crippen molar-refractivity contribution in [1.29, 1.82) is 0 Å². The summed E-state index contributed by atoms with van der Waals surface area (Å²) >= 11 is 0. The second-order valence-corrected chi connectivity index (χ2v) is 12.2. The second-order valence-electron chi connectivity index (χ2n) is 12.2. The zero-order chi connectivity index (χ0) is 19.7. The highest BCUT2D eigenvalue weighted by Crippen LogP contribution is 2.66. The molecule has 0 aromatic rings. The van der Waals surface area contributed by atoms with E-state index in [0.717, 1.165) is 12.8 Å². The van der Waals surface area contributed by atoms with E-state index in [1.165, 1.54) is 70.6 Å². The van der Waals surface area contributed by atoms with Crippen LogP contribution in [0.3, 0.4) is 0 Å². The predicted octanol–water partition coefficient (Wildman–Crippen LogP) is 5.18. The number of carbonyl (C=O) groups is 2. The summed E-state index contributed by atoms with van der Waals surface area (Å²) < 4.78 is 11.5. The third-order valence-corrected chi connectivity index (χ3v) is 10.2. The van der Waals surface area contributed by atoms with Gasteiger partial charge in [0, 0.05) is 0 Å². The molecular formula is C25H36O4. The van der Waals surface area contributed by atoms with Crippen LogP contribution in [-0.4, -0.2) is 25.2 Å². The Bertz CT molecular complexity index is 640. The van der Waals surface area contributed by atoms with Crippen molar-refractivity contribution in [2.24, 2.45) is 33.5 Å². The average Bonchev–Trinajstić information content (AvgIpc) is 2.46. The third-order valence-electron chi connectivity index (χ3n) is 10.2. The van der Waals surface area contributed by atoms with E-state index in [2.05, 4.69) is 0 Å². The predicted molar refractivity (Wildman–Crippen MR) is 108 cm³/mol. The van der Waals surface area contributed by atoms with Crippen molar-refractivity contribution in [2.75, 3.05) is 13.2 Å². The fourth-order valence-corrected chi connectivity index (χ4v) is 8.03. The van der Waals surface area contributed by atoms with Crippen molar-refractivity contribution < 1.29 is 19.1 Å². The van der Waals surface area contributed by atoms with Crippen LogP contribution in [-0.2, 0) is 19.1 Å². The largest absolute Gasteiger partial charge is 0.465 e. The molecule has 6 aliphatic carbocycles. The molecule has 0 heterocycles. The zero-order valence-corrected chi connectivity index (χ0v) is 17.8. The van der Waals surface area contributed by atoms with Gasteiger partial charge in [0.05, 0.1) is 13.2 Å². The Kier molecular flexibility index (Phi) is 4.02. The molecule has 0 radical (unpaired) electrons. The quantitative estimate of drug-likeness (QED) is 0.455. The zero-order valence-electron chi connectivity index (χ0n) is 17.8. The lowest BCUT2D eigenvalue weighted by Crippen LogP contribution is -2.60. The Hall–Kier alpha value is -1.06. The van der Waals surface area contributed by atoms with E-state index >= 15 is 0 Å². The van der Waals surface area contributed by atoms with Crippen LogP contribution in [0.2, 0.25) is 0 Å². The van der Waals surface area contributed by atoms with E-state index in [-0.39, 0.29) is 17.4 Å². The highest BCUT2D eigenvalue weighted by atomic mass is 16.6. The van der Waals surface area contributed by atoms with E-state index in [9.17, 15) is 9.59 Å². The Balaban J connectivity index is 1.03. The van der Waals surface area contributed by atoms with E-state index in [4.69, 9.17) is 9.47 Å². The van der Waals surface area contributed by atoms with Gasteiger partial charge in [0.15, 0.2) is 5.41 Å². The molecule has 0 amide bonds. The summed E-state index contributed by atoms with van der Waals surface area (Å²) in [5.41, 5.74) is 0.439. The molecule has 0 aromatic heterocycles. The lowest BCUT2D eigenvalue weighted by atomic mass is 9.45. The molecule has 6 aliphatic rings. The normalized spacial score (nSPS) is 37.3. The molecular weight excluding hydrogens is 364 g/mol. The Labute approximate surface area is 174 Å². The minimum Gasteiger partial charge on any atom is -0.465 e. The molecule has 4 heteroatoms. The molecule has 6 fully saturated rings. The van der Waals surface area contributed by atoms with E-state index in [1.54, 1.807) is 0 Å². The van der Waals surface area contributed by atoms with Crippen molar-refractivity contribution in [3.63, 3.8) is 0 Å². The molecule has 0 aromatic carbocycles. The number of hydrogen-bond donors (Lipinski definition) is 0. The Morgan fingerprint density at radius 2 is 1.00 bits per heavy atom. The molecule has 0 N–H and O–H groups in total. The third kappa shape index (κ3) is 2.83. The summed E-state index contributed by atoms with van der Waals surface area (Å²) in [6.45, 7) is 1.02. The SMILES string of the molecule is O=C(OCC1CC2(CCC2)C1)C1(C(=O)OCC2CC3(CCC3)C2)CC2(CCC2)C1. The van der Waals surface area contributed by atoms with E-state index < -0.39 is 5.41 Å². The minimum absolute atomic E-state index is 0.233. The second kappa shape index (κ2) is 6.23. The first-order valence-corrected chi connectivity index (χ1v) is 12.3. The minimum atomic E-state index is -0.990. The van der Waals surface area contributed by atoms with Gasteiger partial charge in [-0.05, 0) is 105 Å². The summed E-state index contributed by atoms with van der Waals surface area (Å²) in [4.78, 5) is 26.1. The highest BCUT2D eigenvalue weighted by Gasteiger charge is 2.67. The van der Waals surface area contributed by atoms with Gasteiger partial charge in [0.2, 0.25) is 0 Å². The molecule has 4 nitrogen and oxygen atoms in total. The van der Waals surface area contributed by atoms with Crippen LogP contribution in [0.25, 0.3) is 0 Å². The van der Waals surface area contributed by atoms with Gasteiger partial charge in [-0.25, -0.2) is 0 Å². The number of rotatable bonds is 6. The van der Waals surface area contributed by atoms with Gasteiger partial charge in [-0.2, -0.15) is 0 Å². The van der Waals surface area contributed by atoms with Gasteiger partial charge in [-0.15, -0.1) is 0 Å². The number of ether oxygens (including phenoxy) is 2. The van der Waals surface area contributed by atoms with Gasteiger partial charge in [0.25, 0.3) is 0 Å². The van der Waals surface area contributed by atoms with Gasteiger partial charge < -0.3 is 9.47 Å². The molecule has 0 unspecified atom stereocenters. The first-order chi connectivity index (χ1) is 13.9. The molecule has 160 valence electrons. The Morgan fingerprint density at radius 1 is 0.621 bits per heavy atom. The van der Waals surface area contributed by atoms with Crippen molar-refractivity contribution in [2.45, 2.75) is 96.3 Å². The summed E-state index contributed by atoms with van der Waals surface area (Å²) in [5, 5.41) is 0. The fraction of sp³-hybridized carbons (Fsp3) is 0.920. The maximum Gasteiger partial charge on any atom is 0.323 e. The Morgan fingerprint density at radius 3 is 1.31 bits per heavy atom. The number of carbonyl (C=O) groups excluding carboxylic acids is 2. The van der Waals surface area contributed by atoms with Crippen molar-refractivity contribution >= 4 is 11.9 Å². The van der Waals surface area contributed by atoms with Crippen molar-refractivity contribution in [3.05, 3.63) is 0 Å². The fourth-order valence-electron chi connectivity index (χ4n) is 8.03. The van der Waals surface area contributed by atoms with E-state index in [1.807, 2.05) is 0 Å². The maximum atomic E-state index is 13.1. The molecule has 0 bridgehead atoms. The molecule has 29 heavy (non-hydrogen) atoms. The van der Waals surface area contributed by atoms with Crippen molar-refractivity contribution in [3.8, 4) is 0 Å². The highest BCUT2D eigenvalue weighted by molar-refractivity contribution is 6.01. The van der Waals surface area contributed by atoms with Crippen LogP contribution in [0.4, 0.5) is 0 Å². The van der Waals surface area contributed by atoms with Gasteiger partial charge in [-0.3, -0.25) is 9.59 Å². The van der Waals surface area contributed by atoms with Crippen LogP contribution in [0.5, 0.6) is 0 Å². The van der Waals surface area contributed by atoms with Gasteiger partial charge >= 0.3 is 11.9 Å². The molecule has 0 aliphatic heterocycles. The molecule has 6 rings (SSSR count). The first kappa shape index (κ1) is 18.7. The average molecular weight is 401 g/mol. The smallest absolute Gasteiger partial charge is 0.323 e. The molecule has 0 atom stereocenters. The van der Waals surface area contributed by atoms with Crippen LogP contribution >= 0.6 is 0 Å². The molecule has 6 saturated carbocycles. The summed E-state index contributed by atoms with van der Waals surface area (Å²) in [5.74, 6) is 0.467. The summed E-state index contributed by atoms with van der Waals surface area (Å²) in [6.07, 6.45) is 17.9. The molecule has 3 spiro atoms. The molecule has 0 saturated heterocycles. The van der Waals surface area contributed by atoms with Crippen molar-refractivity contribution in [1.82, 2.24) is 0 Å². The monoisotopic (exact) mass is 400 g/mol. The topological polar surface area (TPSA) is 52.6 Å². The summed E-state index contributed by atoms with van der Waals surface area (Å²) in [6, 6.07) is 0. The lowest BCUT2D eigenvalue weighted by molar-refractivity contribution is -0.203. The lowest BCUT2D eigenvalue weighted by Gasteiger charge is -2.58. The van der Waals surface area contributed by atoms with Crippen LogP contribution in [0, 0.1) is 33.5 Å².